The molecule has 0 aromatic rings. The van der Waals surface area contributed by atoms with Gasteiger partial charge in [-0.15, -0.1) is 0 Å². The van der Waals surface area contributed by atoms with E-state index in [-0.39, 0.29) is 0 Å². The number of hydrogen-bond donors (Lipinski definition) is 0. The molecule has 0 saturated carbocycles. The van der Waals surface area contributed by atoms with Crippen LogP contribution in [0, 0.1) is 0 Å². The van der Waals surface area contributed by atoms with Gasteiger partial charge in [-0.2, -0.15) is 0 Å². The Bertz CT molecular complexity index is 89.7. The quantitative estimate of drug-likeness (QED) is 0.559. The molecule has 0 heterocycles. The average molecular weight is 254 g/mol. The Labute approximate surface area is 60.3 Å². The van der Waals surface area contributed by atoms with Crippen LogP contribution in [0.25, 0.3) is 0 Å². The van der Waals surface area contributed by atoms with Crippen LogP contribution in [0.2, 0.25) is 0 Å². The van der Waals surface area contributed by atoms with Crippen molar-refractivity contribution in [1.29, 1.82) is 0 Å². The molecule has 1 atom stereocenters. The molecule has 0 rings (SSSR count). The van der Waals surface area contributed by atoms with Crippen LogP contribution in [0.4, 0.5) is 0 Å². The molecular formula is C2H5ClIO2P. The molecule has 0 amide bonds. The second-order valence-corrected chi connectivity index (χ2v) is 8.78. The summed E-state index contributed by atoms with van der Waals surface area (Å²) in [5.74, 6) is 0. The molecule has 0 aromatic carbocycles. The lowest BCUT2D eigenvalue weighted by Crippen LogP contribution is -1.74. The van der Waals surface area contributed by atoms with E-state index in [0.29, 0.717) is 6.61 Å². The maximum Gasteiger partial charge on any atom is 0.347 e. The third-order valence-corrected chi connectivity index (χ3v) is 1.97. The summed E-state index contributed by atoms with van der Waals surface area (Å²) in [5.41, 5.74) is 0. The molecule has 0 aliphatic rings. The van der Waals surface area contributed by atoms with Gasteiger partial charge >= 0.3 is 4.36 Å². The zero-order valence-electron chi connectivity index (χ0n) is 3.73. The van der Waals surface area contributed by atoms with E-state index in [1.165, 1.54) is 0 Å². The maximum atomic E-state index is 10.3. The smallest absolute Gasteiger partial charge is 0.311 e. The largest absolute Gasteiger partial charge is 0.347 e. The SMILES string of the molecule is CCOP(=O)(Cl)I. The Morgan fingerprint density at radius 1 is 2.00 bits per heavy atom. The number of halogens is 2. The monoisotopic (exact) mass is 254 g/mol. The molecule has 0 radical (unpaired) electrons. The van der Waals surface area contributed by atoms with Gasteiger partial charge in [-0.05, 0) is 18.2 Å². The third kappa shape index (κ3) is 7.21. The average Bonchev–Trinajstić information content (AvgIpc) is 1.30. The molecule has 0 spiro atoms. The second kappa shape index (κ2) is 3.28. The number of hydrogen-bond acceptors (Lipinski definition) is 2. The lowest BCUT2D eigenvalue weighted by Gasteiger charge is -1.97. The molecule has 0 aromatic heterocycles. The minimum absolute atomic E-state index is 0.406. The van der Waals surface area contributed by atoms with Gasteiger partial charge < -0.3 is 4.52 Å². The molecule has 5 heteroatoms. The first-order valence-corrected chi connectivity index (χ1v) is 7.01. The summed E-state index contributed by atoms with van der Waals surface area (Å²) in [7, 11) is 0. The van der Waals surface area contributed by atoms with Crippen LogP contribution < -0.4 is 0 Å². The highest BCUT2D eigenvalue weighted by molar-refractivity contribution is 14.2. The molecule has 1 unspecified atom stereocenters. The van der Waals surface area contributed by atoms with E-state index >= 15 is 0 Å². The minimum atomic E-state index is -2.72. The topological polar surface area (TPSA) is 26.3 Å². The van der Waals surface area contributed by atoms with Crippen LogP contribution >= 0.6 is 37.6 Å². The Kier molecular flexibility index (Phi) is 3.84. The molecule has 0 aliphatic heterocycles. The van der Waals surface area contributed by atoms with Gasteiger partial charge in [-0.3, -0.25) is 4.57 Å². The minimum Gasteiger partial charge on any atom is -0.311 e. The second-order valence-electron chi connectivity index (χ2n) is 0.832. The Morgan fingerprint density at radius 3 is 2.43 bits per heavy atom. The Hall–Kier alpha value is 1.21. The molecule has 44 valence electrons. The first kappa shape index (κ1) is 8.21. The van der Waals surface area contributed by atoms with Gasteiger partial charge in [-0.25, -0.2) is 0 Å². The van der Waals surface area contributed by atoms with Gasteiger partial charge in [0.1, 0.15) is 0 Å². The van der Waals surface area contributed by atoms with E-state index in [9.17, 15) is 4.57 Å². The molecule has 2 nitrogen and oxygen atoms in total. The van der Waals surface area contributed by atoms with Crippen LogP contribution in [-0.2, 0) is 9.09 Å². The van der Waals surface area contributed by atoms with Crippen LogP contribution in [0.5, 0.6) is 0 Å². The van der Waals surface area contributed by atoms with Crippen LogP contribution in [-0.4, -0.2) is 6.61 Å². The highest BCUT2D eigenvalue weighted by atomic mass is 127. The first-order valence-electron chi connectivity index (χ1n) is 1.70. The van der Waals surface area contributed by atoms with Gasteiger partial charge in [0.15, 0.2) is 0 Å². The van der Waals surface area contributed by atoms with E-state index in [4.69, 9.17) is 11.2 Å². The Morgan fingerprint density at radius 2 is 2.43 bits per heavy atom. The zero-order chi connectivity index (χ0) is 5.91. The van der Waals surface area contributed by atoms with E-state index in [1.54, 1.807) is 29.0 Å². The lowest BCUT2D eigenvalue weighted by molar-refractivity contribution is 0.359. The van der Waals surface area contributed by atoms with Crippen molar-refractivity contribution < 1.29 is 9.09 Å². The van der Waals surface area contributed by atoms with Crippen molar-refractivity contribution in [2.75, 3.05) is 6.61 Å². The van der Waals surface area contributed by atoms with Gasteiger partial charge in [0.05, 0.1) is 6.61 Å². The fourth-order valence-electron chi connectivity index (χ4n) is 0.150. The van der Waals surface area contributed by atoms with Crippen molar-refractivity contribution in [2.45, 2.75) is 6.92 Å². The molecular weight excluding hydrogens is 249 g/mol. The summed E-state index contributed by atoms with van der Waals surface area (Å²) in [6.07, 6.45) is 0. The molecule has 0 N–H and O–H groups in total. The van der Waals surface area contributed by atoms with Crippen LogP contribution in [0.1, 0.15) is 6.92 Å². The predicted octanol–water partition coefficient (Wildman–Crippen LogP) is 2.80. The summed E-state index contributed by atoms with van der Waals surface area (Å²) in [5, 5.41) is 0. The number of rotatable bonds is 2. The lowest BCUT2D eigenvalue weighted by atomic mass is 10.9. The summed E-state index contributed by atoms with van der Waals surface area (Å²) in [6.45, 7) is 2.15. The molecule has 0 aliphatic carbocycles. The summed E-state index contributed by atoms with van der Waals surface area (Å²) in [6, 6.07) is 0. The van der Waals surface area contributed by atoms with Crippen molar-refractivity contribution in [1.82, 2.24) is 0 Å². The maximum absolute atomic E-state index is 10.3. The fraction of sp³-hybridized carbons (Fsp3) is 1.00. The van der Waals surface area contributed by atoms with Gasteiger partial charge in [0.2, 0.25) is 0 Å². The van der Waals surface area contributed by atoms with Crippen molar-refractivity contribution in [2.24, 2.45) is 0 Å². The fourth-order valence-corrected chi connectivity index (χ4v) is 1.58. The van der Waals surface area contributed by atoms with Gasteiger partial charge in [-0.1, -0.05) is 0 Å². The Balaban J connectivity index is 3.36. The van der Waals surface area contributed by atoms with E-state index in [2.05, 4.69) is 4.52 Å². The van der Waals surface area contributed by atoms with E-state index < -0.39 is 4.36 Å². The highest BCUT2D eigenvalue weighted by Gasteiger charge is 2.09. The van der Waals surface area contributed by atoms with Gasteiger partial charge in [0.25, 0.3) is 0 Å². The molecule has 7 heavy (non-hydrogen) atoms. The standard InChI is InChI=1S/C2H5ClIO2P/c1-2-6-7(3,4)5/h2H2,1H3. The molecule has 0 saturated heterocycles. The summed E-state index contributed by atoms with van der Waals surface area (Å²) >= 11 is 6.73. The zero-order valence-corrected chi connectivity index (χ0v) is 7.53. The molecule has 0 bridgehead atoms. The normalized spacial score (nSPS) is 18.7. The van der Waals surface area contributed by atoms with Gasteiger partial charge in [0, 0.05) is 22.0 Å². The molecule has 0 fully saturated rings. The predicted molar refractivity (Wildman–Crippen MR) is 39.1 cm³/mol. The van der Waals surface area contributed by atoms with Crippen LogP contribution in [0.3, 0.4) is 0 Å². The summed E-state index contributed by atoms with van der Waals surface area (Å²) < 4.78 is 12.2. The van der Waals surface area contributed by atoms with Crippen molar-refractivity contribution in [3.8, 4) is 0 Å². The highest BCUT2D eigenvalue weighted by Crippen LogP contribution is 2.60. The summed E-state index contributed by atoms with van der Waals surface area (Å²) in [4.78, 5) is 0. The van der Waals surface area contributed by atoms with Crippen molar-refractivity contribution >= 4 is 37.6 Å². The van der Waals surface area contributed by atoms with Crippen molar-refractivity contribution in [3.05, 3.63) is 0 Å². The first-order chi connectivity index (χ1) is 3.06. The van der Waals surface area contributed by atoms with E-state index in [0.717, 1.165) is 0 Å². The van der Waals surface area contributed by atoms with Crippen molar-refractivity contribution in [3.63, 3.8) is 0 Å². The third-order valence-electron chi connectivity index (χ3n) is 0.279. The van der Waals surface area contributed by atoms with E-state index in [1.807, 2.05) is 0 Å². The van der Waals surface area contributed by atoms with Crippen LogP contribution in [0.15, 0.2) is 0 Å².